The number of thiophene rings is 1. The van der Waals surface area contributed by atoms with Crippen LogP contribution in [0.3, 0.4) is 0 Å². The maximum atomic E-state index is 5.10. The summed E-state index contributed by atoms with van der Waals surface area (Å²) < 4.78 is 8.15. The third-order valence-electron chi connectivity index (χ3n) is 8.52. The summed E-state index contributed by atoms with van der Waals surface area (Å²) in [5.74, 6) is 0.686. The van der Waals surface area contributed by atoms with E-state index in [4.69, 9.17) is 9.97 Å². The Bertz CT molecular complexity index is 2650. The van der Waals surface area contributed by atoms with Crippen molar-refractivity contribution in [3.05, 3.63) is 128 Å². The zero-order valence-corrected chi connectivity index (χ0v) is 23.1. The molecule has 6 heteroatoms. The normalized spacial score (nSPS) is 12.3. The minimum absolute atomic E-state index is 0.686. The van der Waals surface area contributed by atoms with Crippen molar-refractivity contribution in [2.24, 2.45) is 0 Å². The van der Waals surface area contributed by atoms with Gasteiger partial charge in [0.1, 0.15) is 10.5 Å². The highest BCUT2D eigenvalue weighted by molar-refractivity contribution is 7.25. The van der Waals surface area contributed by atoms with Crippen molar-refractivity contribution in [1.29, 1.82) is 0 Å². The molecule has 0 saturated carbocycles. The summed E-state index contributed by atoms with van der Waals surface area (Å²) in [4.78, 5) is 11.0. The molecule has 0 aliphatic rings. The number of benzene rings is 5. The lowest BCUT2D eigenvalue weighted by molar-refractivity contribution is 1.00. The second-order valence-corrected chi connectivity index (χ2v) is 11.8. The van der Waals surface area contributed by atoms with E-state index in [-0.39, 0.29) is 0 Å². The molecule has 5 nitrogen and oxygen atoms in total. The number of aromatic nitrogens is 5. The van der Waals surface area contributed by atoms with Crippen LogP contribution in [-0.2, 0) is 0 Å². The van der Waals surface area contributed by atoms with Gasteiger partial charge in [-0.25, -0.2) is 9.97 Å². The topological polar surface area (TPSA) is 40.0 Å². The van der Waals surface area contributed by atoms with Crippen molar-refractivity contribution in [3.63, 3.8) is 0 Å². The molecule has 0 aliphatic carbocycles. The summed E-state index contributed by atoms with van der Waals surface area (Å²) in [7, 11) is 0. The number of hydrogen-bond donors (Lipinski definition) is 0. The Morgan fingerprint density at radius 3 is 1.98 bits per heavy atom. The van der Waals surface area contributed by atoms with E-state index in [1.165, 1.54) is 37.3 Å². The standard InChI is InChI=1S/C36H21N5S/c1-4-12-28-24(9-1)25-10-2-5-13-29(25)39(28)23-18-17-22-19-34-40(32(22)20-23)30-14-6-7-15-31(30)41(34)36-37-21-27-26-11-3-8-16-33(26)42-35(27)38-36/h1-21H. The van der Waals surface area contributed by atoms with E-state index in [1.807, 2.05) is 6.20 Å². The van der Waals surface area contributed by atoms with Gasteiger partial charge in [-0.05, 0) is 48.5 Å². The van der Waals surface area contributed by atoms with Gasteiger partial charge in [0.15, 0.2) is 0 Å². The van der Waals surface area contributed by atoms with Crippen LogP contribution in [0.2, 0.25) is 0 Å². The predicted molar refractivity (Wildman–Crippen MR) is 175 cm³/mol. The first-order valence-corrected chi connectivity index (χ1v) is 14.8. The Labute approximate surface area is 243 Å². The highest BCUT2D eigenvalue weighted by atomic mass is 32.1. The van der Waals surface area contributed by atoms with E-state index in [2.05, 4.69) is 135 Å². The molecule has 0 spiro atoms. The number of fused-ring (bicyclic) bond motifs is 11. The number of nitrogens with zero attached hydrogens (tertiary/aromatic N) is 5. The van der Waals surface area contributed by atoms with E-state index < -0.39 is 0 Å². The molecule has 5 aromatic carbocycles. The second-order valence-electron chi connectivity index (χ2n) is 10.8. The maximum Gasteiger partial charge on any atom is 0.237 e. The molecule has 0 saturated heterocycles. The van der Waals surface area contributed by atoms with E-state index in [0.717, 1.165) is 38.1 Å². The van der Waals surface area contributed by atoms with Crippen LogP contribution in [0, 0.1) is 0 Å². The van der Waals surface area contributed by atoms with E-state index in [1.54, 1.807) is 11.3 Å². The van der Waals surface area contributed by atoms with Crippen LogP contribution in [0.4, 0.5) is 0 Å². The summed E-state index contributed by atoms with van der Waals surface area (Å²) in [6, 6.07) is 43.3. The second kappa shape index (κ2) is 8.06. The quantitative estimate of drug-likeness (QED) is 0.213. The summed E-state index contributed by atoms with van der Waals surface area (Å²) in [6.07, 6.45) is 1.98. The van der Waals surface area contributed by atoms with Crippen molar-refractivity contribution in [1.82, 2.24) is 23.5 Å². The smallest absolute Gasteiger partial charge is 0.237 e. The lowest BCUT2D eigenvalue weighted by atomic mass is 10.2. The van der Waals surface area contributed by atoms with Gasteiger partial charge in [-0.15, -0.1) is 11.3 Å². The Morgan fingerprint density at radius 1 is 0.524 bits per heavy atom. The van der Waals surface area contributed by atoms with Crippen molar-refractivity contribution < 1.29 is 0 Å². The first kappa shape index (κ1) is 22.3. The largest absolute Gasteiger partial charge is 0.309 e. The van der Waals surface area contributed by atoms with Crippen LogP contribution in [0.15, 0.2) is 128 Å². The fourth-order valence-electron chi connectivity index (χ4n) is 6.72. The molecule has 5 heterocycles. The summed E-state index contributed by atoms with van der Waals surface area (Å²) >= 11 is 1.72. The number of rotatable bonds is 2. The van der Waals surface area contributed by atoms with Crippen LogP contribution in [0.5, 0.6) is 0 Å². The third kappa shape index (κ3) is 2.86. The Hall–Kier alpha value is -5.46. The zero-order chi connectivity index (χ0) is 27.4. The Morgan fingerprint density at radius 2 is 1.19 bits per heavy atom. The molecule has 0 fully saturated rings. The summed E-state index contributed by atoms with van der Waals surface area (Å²) in [6.45, 7) is 0. The predicted octanol–water partition coefficient (Wildman–Crippen LogP) is 9.29. The van der Waals surface area contributed by atoms with Crippen molar-refractivity contribution in [3.8, 4) is 11.6 Å². The molecule has 0 N–H and O–H groups in total. The monoisotopic (exact) mass is 555 g/mol. The van der Waals surface area contributed by atoms with E-state index in [0.29, 0.717) is 5.95 Å². The van der Waals surface area contributed by atoms with Gasteiger partial charge in [0.2, 0.25) is 5.95 Å². The first-order valence-electron chi connectivity index (χ1n) is 14.0. The molecular weight excluding hydrogens is 534 g/mol. The van der Waals surface area contributed by atoms with E-state index in [9.17, 15) is 0 Å². The van der Waals surface area contributed by atoms with Gasteiger partial charge < -0.3 is 4.57 Å². The molecule has 42 heavy (non-hydrogen) atoms. The molecule has 5 aromatic heterocycles. The molecule has 196 valence electrons. The molecule has 0 unspecified atom stereocenters. The van der Waals surface area contributed by atoms with Crippen molar-refractivity contribution in [2.75, 3.05) is 0 Å². The average Bonchev–Trinajstić information content (AvgIpc) is 3.77. The van der Waals surface area contributed by atoms with Crippen LogP contribution in [0.25, 0.3) is 81.3 Å². The van der Waals surface area contributed by atoms with Crippen LogP contribution in [-0.4, -0.2) is 23.5 Å². The van der Waals surface area contributed by atoms with E-state index >= 15 is 0 Å². The molecule has 0 aliphatic heterocycles. The van der Waals surface area contributed by atoms with Gasteiger partial charge in [0.25, 0.3) is 0 Å². The molecule has 0 atom stereocenters. The van der Waals surface area contributed by atoms with Gasteiger partial charge in [0.05, 0.1) is 27.6 Å². The summed E-state index contributed by atoms with van der Waals surface area (Å²) in [5, 5.41) is 6.01. The average molecular weight is 556 g/mol. The van der Waals surface area contributed by atoms with Crippen molar-refractivity contribution >= 4 is 81.0 Å². The lowest BCUT2D eigenvalue weighted by Crippen LogP contribution is -2.00. The maximum absolute atomic E-state index is 5.10. The third-order valence-corrected chi connectivity index (χ3v) is 9.60. The van der Waals surface area contributed by atoms with Crippen LogP contribution >= 0.6 is 11.3 Å². The fourth-order valence-corrected chi connectivity index (χ4v) is 7.76. The van der Waals surface area contributed by atoms with Crippen LogP contribution < -0.4 is 0 Å². The molecule has 0 bridgehead atoms. The number of imidazole rings is 1. The van der Waals surface area contributed by atoms with Crippen molar-refractivity contribution in [2.45, 2.75) is 0 Å². The van der Waals surface area contributed by atoms with Gasteiger partial charge in [0, 0.05) is 43.5 Å². The first-order chi connectivity index (χ1) is 20.8. The number of hydrogen-bond acceptors (Lipinski definition) is 3. The molecule has 10 rings (SSSR count). The minimum atomic E-state index is 0.686. The molecule has 0 amide bonds. The Kier molecular flexibility index (Phi) is 4.27. The fraction of sp³-hybridized carbons (Fsp3) is 0. The summed E-state index contributed by atoms with van der Waals surface area (Å²) in [5.41, 5.74) is 7.96. The lowest BCUT2D eigenvalue weighted by Gasteiger charge is -2.08. The minimum Gasteiger partial charge on any atom is -0.309 e. The van der Waals surface area contributed by atoms with Gasteiger partial charge in [-0.3, -0.25) is 8.97 Å². The van der Waals surface area contributed by atoms with Gasteiger partial charge in [-0.2, -0.15) is 0 Å². The highest BCUT2D eigenvalue weighted by Crippen LogP contribution is 2.37. The number of para-hydroxylation sites is 4. The molecular formula is C36H21N5S. The zero-order valence-electron chi connectivity index (χ0n) is 22.3. The van der Waals surface area contributed by atoms with Gasteiger partial charge in [-0.1, -0.05) is 72.8 Å². The SMILES string of the molecule is c1ccc2c(c1)sc1nc(-n3c4ccccc4n4c5cc(-n6c7ccccc7c7ccccc76)ccc5cc34)ncc12. The molecule has 0 radical (unpaired) electrons. The Balaban J connectivity index is 1.27. The van der Waals surface area contributed by atoms with Crippen LogP contribution in [0.1, 0.15) is 0 Å². The highest BCUT2D eigenvalue weighted by Gasteiger charge is 2.19. The molecule has 10 aromatic rings. The van der Waals surface area contributed by atoms with Gasteiger partial charge >= 0.3 is 0 Å².